The van der Waals surface area contributed by atoms with Gasteiger partial charge in [0.2, 0.25) is 10.0 Å². The number of hydrogen-bond acceptors (Lipinski definition) is 3. The minimum Gasteiger partial charge on any atom is -0.328 e. The summed E-state index contributed by atoms with van der Waals surface area (Å²) in [4.78, 5) is 0.252. The lowest BCUT2D eigenvalue weighted by Crippen LogP contribution is -2.42. The maximum Gasteiger partial charge on any atom is 0.244 e. The largest absolute Gasteiger partial charge is 0.328 e. The first-order chi connectivity index (χ1) is 8.41. The number of hydrogen-bond donors (Lipinski definition) is 1. The van der Waals surface area contributed by atoms with Crippen LogP contribution in [0.5, 0.6) is 0 Å². The summed E-state index contributed by atoms with van der Waals surface area (Å²) >= 11 is 9.06. The quantitative estimate of drug-likeness (QED) is 0.845. The van der Waals surface area contributed by atoms with Crippen molar-refractivity contribution in [3.63, 3.8) is 0 Å². The highest BCUT2D eigenvalue weighted by Crippen LogP contribution is 2.29. The molecule has 1 fully saturated rings. The minimum absolute atomic E-state index is 0. The van der Waals surface area contributed by atoms with E-state index in [2.05, 4.69) is 15.9 Å². The molecule has 2 N–H and O–H groups in total. The molecular weight excluding hydrogens is 375 g/mol. The molecule has 0 spiro atoms. The maximum absolute atomic E-state index is 12.4. The zero-order valence-corrected chi connectivity index (χ0v) is 14.0. The van der Waals surface area contributed by atoms with Crippen LogP contribution in [0, 0.1) is 0 Å². The second-order valence-electron chi connectivity index (χ2n) is 4.32. The molecule has 0 radical (unpaired) electrons. The second-order valence-corrected chi connectivity index (χ2v) is 7.51. The van der Waals surface area contributed by atoms with Gasteiger partial charge < -0.3 is 5.73 Å². The minimum atomic E-state index is -3.46. The number of benzene rings is 1. The van der Waals surface area contributed by atoms with Crippen molar-refractivity contribution in [1.29, 1.82) is 0 Å². The summed E-state index contributed by atoms with van der Waals surface area (Å²) in [6.45, 7) is 0.942. The van der Waals surface area contributed by atoms with E-state index in [1.165, 1.54) is 10.4 Å². The summed E-state index contributed by atoms with van der Waals surface area (Å²) in [5.41, 5.74) is 5.78. The molecule has 1 aliphatic rings. The third kappa shape index (κ3) is 3.83. The van der Waals surface area contributed by atoms with E-state index in [0.29, 0.717) is 35.4 Å². The molecule has 1 aromatic carbocycles. The third-order valence-electron chi connectivity index (χ3n) is 3.01. The van der Waals surface area contributed by atoms with Gasteiger partial charge in [0.15, 0.2) is 0 Å². The number of nitrogens with two attached hydrogens (primary N) is 1. The van der Waals surface area contributed by atoms with E-state index in [1.54, 1.807) is 12.1 Å². The standard InChI is InChI=1S/C11H14BrClN2O2S.ClH/c12-10-7-8(13)1-2-11(10)18(16,17)15-5-3-9(14)4-6-15;/h1-2,7,9H,3-6,14H2;1H. The Morgan fingerprint density at radius 3 is 2.42 bits per heavy atom. The van der Waals surface area contributed by atoms with Gasteiger partial charge in [-0.25, -0.2) is 8.42 Å². The van der Waals surface area contributed by atoms with Gasteiger partial charge in [0.1, 0.15) is 0 Å². The van der Waals surface area contributed by atoms with Crippen LogP contribution >= 0.6 is 39.9 Å². The van der Waals surface area contributed by atoms with Crippen molar-refractivity contribution in [3.05, 3.63) is 27.7 Å². The first-order valence-corrected chi connectivity index (χ1v) is 8.23. The van der Waals surface area contributed by atoms with Crippen molar-refractivity contribution >= 4 is 50.0 Å². The van der Waals surface area contributed by atoms with Crippen molar-refractivity contribution in [2.45, 2.75) is 23.8 Å². The Morgan fingerprint density at radius 1 is 1.32 bits per heavy atom. The van der Waals surface area contributed by atoms with E-state index in [1.807, 2.05) is 0 Å². The molecule has 1 saturated heterocycles. The fourth-order valence-corrected chi connectivity index (χ4v) is 4.75. The average molecular weight is 390 g/mol. The topological polar surface area (TPSA) is 63.4 Å². The Labute approximate surface area is 132 Å². The molecule has 0 unspecified atom stereocenters. The first-order valence-electron chi connectivity index (χ1n) is 5.62. The van der Waals surface area contributed by atoms with Gasteiger partial charge in [0.25, 0.3) is 0 Å². The monoisotopic (exact) mass is 388 g/mol. The summed E-state index contributed by atoms with van der Waals surface area (Å²) in [7, 11) is -3.46. The van der Waals surface area contributed by atoms with E-state index >= 15 is 0 Å². The van der Waals surface area contributed by atoms with Gasteiger partial charge in [-0.3, -0.25) is 0 Å². The van der Waals surface area contributed by atoms with Crippen LogP contribution in [0.1, 0.15) is 12.8 Å². The van der Waals surface area contributed by atoms with Crippen molar-refractivity contribution in [3.8, 4) is 0 Å². The molecule has 2 rings (SSSR count). The van der Waals surface area contributed by atoms with Gasteiger partial charge in [0, 0.05) is 28.6 Å². The molecule has 8 heteroatoms. The summed E-state index contributed by atoms with van der Waals surface area (Å²) in [5.74, 6) is 0. The van der Waals surface area contributed by atoms with Crippen LogP contribution in [0.3, 0.4) is 0 Å². The summed E-state index contributed by atoms with van der Waals surface area (Å²) in [6.07, 6.45) is 1.40. The molecule has 4 nitrogen and oxygen atoms in total. The Balaban J connectivity index is 0.00000180. The highest BCUT2D eigenvalue weighted by molar-refractivity contribution is 9.10. The lowest BCUT2D eigenvalue weighted by atomic mass is 10.1. The zero-order chi connectivity index (χ0) is 13.3. The molecule has 0 atom stereocenters. The van der Waals surface area contributed by atoms with Crippen LogP contribution in [-0.2, 0) is 10.0 Å². The number of sulfonamides is 1. The lowest BCUT2D eigenvalue weighted by Gasteiger charge is -2.29. The SMILES string of the molecule is Cl.NC1CCN(S(=O)(=O)c2ccc(Cl)cc2Br)CC1. The molecule has 0 aromatic heterocycles. The molecule has 1 heterocycles. The summed E-state index contributed by atoms with van der Waals surface area (Å²) < 4.78 is 26.8. The maximum atomic E-state index is 12.4. The van der Waals surface area contributed by atoms with Crippen molar-refractivity contribution in [2.75, 3.05) is 13.1 Å². The average Bonchev–Trinajstić information content (AvgIpc) is 2.29. The van der Waals surface area contributed by atoms with Crippen LogP contribution in [-0.4, -0.2) is 31.9 Å². The van der Waals surface area contributed by atoms with Crippen LogP contribution in [0.15, 0.2) is 27.6 Å². The molecular formula is C11H15BrCl2N2O2S. The normalized spacial score (nSPS) is 18.1. The fraction of sp³-hybridized carbons (Fsp3) is 0.455. The van der Waals surface area contributed by atoms with Crippen LogP contribution < -0.4 is 5.73 Å². The van der Waals surface area contributed by atoms with E-state index in [9.17, 15) is 8.42 Å². The molecule has 0 saturated carbocycles. The smallest absolute Gasteiger partial charge is 0.244 e. The van der Waals surface area contributed by atoms with Crippen molar-refractivity contribution in [2.24, 2.45) is 5.73 Å². The Hall–Kier alpha value is 0.150. The molecule has 0 aliphatic carbocycles. The molecule has 108 valence electrons. The van der Waals surface area contributed by atoms with Gasteiger partial charge in [-0.1, -0.05) is 11.6 Å². The van der Waals surface area contributed by atoms with Crippen LogP contribution in [0.25, 0.3) is 0 Å². The Kier molecular flexibility index (Phi) is 6.10. The molecule has 0 bridgehead atoms. The number of piperidine rings is 1. The fourth-order valence-electron chi connectivity index (χ4n) is 1.94. The summed E-state index contributed by atoms with van der Waals surface area (Å²) in [5, 5.41) is 0.501. The van der Waals surface area contributed by atoms with E-state index in [-0.39, 0.29) is 23.3 Å². The molecule has 0 amide bonds. The Morgan fingerprint density at radius 2 is 1.89 bits per heavy atom. The van der Waals surface area contributed by atoms with Gasteiger partial charge in [-0.05, 0) is 47.0 Å². The van der Waals surface area contributed by atoms with E-state index in [4.69, 9.17) is 17.3 Å². The predicted octanol–water partition coefficient (Wildman–Crippen LogP) is 2.64. The van der Waals surface area contributed by atoms with Crippen molar-refractivity contribution < 1.29 is 8.42 Å². The van der Waals surface area contributed by atoms with Gasteiger partial charge >= 0.3 is 0 Å². The lowest BCUT2D eigenvalue weighted by molar-refractivity contribution is 0.320. The van der Waals surface area contributed by atoms with E-state index in [0.717, 1.165) is 0 Å². The highest BCUT2D eigenvalue weighted by Gasteiger charge is 2.29. The molecule has 19 heavy (non-hydrogen) atoms. The second kappa shape index (κ2) is 6.74. The van der Waals surface area contributed by atoms with Gasteiger partial charge in [0.05, 0.1) is 4.90 Å². The number of nitrogens with zero attached hydrogens (tertiary/aromatic N) is 1. The predicted molar refractivity (Wildman–Crippen MR) is 82.4 cm³/mol. The van der Waals surface area contributed by atoms with E-state index < -0.39 is 10.0 Å². The van der Waals surface area contributed by atoms with Crippen molar-refractivity contribution in [1.82, 2.24) is 4.31 Å². The third-order valence-corrected chi connectivity index (χ3v) is 6.12. The zero-order valence-electron chi connectivity index (χ0n) is 10.1. The number of halogens is 3. The van der Waals surface area contributed by atoms with Crippen LogP contribution in [0.2, 0.25) is 5.02 Å². The highest BCUT2D eigenvalue weighted by atomic mass is 79.9. The van der Waals surface area contributed by atoms with Gasteiger partial charge in [-0.2, -0.15) is 4.31 Å². The first kappa shape index (κ1) is 17.2. The molecule has 1 aromatic rings. The Bertz CT molecular complexity index is 546. The summed E-state index contributed by atoms with van der Waals surface area (Å²) in [6, 6.07) is 4.79. The molecule has 1 aliphatic heterocycles. The van der Waals surface area contributed by atoms with Gasteiger partial charge in [-0.15, -0.1) is 12.4 Å². The van der Waals surface area contributed by atoms with Crippen LogP contribution in [0.4, 0.5) is 0 Å². The number of rotatable bonds is 2.